The van der Waals surface area contributed by atoms with Crippen molar-refractivity contribution in [3.05, 3.63) is 23.8 Å². The van der Waals surface area contributed by atoms with E-state index < -0.39 is 0 Å². The van der Waals surface area contributed by atoms with E-state index in [-0.39, 0.29) is 5.91 Å². The highest BCUT2D eigenvalue weighted by Gasteiger charge is 2.39. The van der Waals surface area contributed by atoms with E-state index in [9.17, 15) is 4.79 Å². The molecule has 2 saturated carbocycles. The van der Waals surface area contributed by atoms with Crippen LogP contribution in [-0.2, 0) is 11.2 Å². The Balaban J connectivity index is 1.43. The van der Waals surface area contributed by atoms with Gasteiger partial charge in [0.15, 0.2) is 11.5 Å². The van der Waals surface area contributed by atoms with Crippen LogP contribution in [0.15, 0.2) is 18.2 Å². The minimum Gasteiger partial charge on any atom is -0.493 e. The first-order chi connectivity index (χ1) is 11.2. The standard InChI is InChI=1S/C19H27NO3/c1-22-17-6-4-13(11-18(17)23-2)7-8-20-19(21)12-16-10-14-3-5-15(16)9-14/h4,6,11,14-16H,3,5,7-10,12H2,1-2H3,(H,20,21). The summed E-state index contributed by atoms with van der Waals surface area (Å²) in [7, 11) is 3.27. The molecule has 2 aliphatic rings. The van der Waals surface area contributed by atoms with Crippen LogP contribution in [0.2, 0.25) is 0 Å². The van der Waals surface area contributed by atoms with E-state index in [0.29, 0.717) is 18.9 Å². The summed E-state index contributed by atoms with van der Waals surface area (Å²) in [6, 6.07) is 5.90. The van der Waals surface area contributed by atoms with Crippen LogP contribution < -0.4 is 14.8 Å². The number of carbonyl (C=O) groups excluding carboxylic acids is 1. The van der Waals surface area contributed by atoms with Crippen LogP contribution in [0.25, 0.3) is 0 Å². The highest BCUT2D eigenvalue weighted by atomic mass is 16.5. The Hall–Kier alpha value is -1.71. The Morgan fingerprint density at radius 3 is 2.65 bits per heavy atom. The number of nitrogens with one attached hydrogen (secondary N) is 1. The van der Waals surface area contributed by atoms with Crippen LogP contribution in [0.3, 0.4) is 0 Å². The first-order valence-corrected chi connectivity index (χ1v) is 8.67. The van der Waals surface area contributed by atoms with Crippen LogP contribution in [-0.4, -0.2) is 26.7 Å². The molecule has 0 heterocycles. The van der Waals surface area contributed by atoms with Gasteiger partial charge < -0.3 is 14.8 Å². The van der Waals surface area contributed by atoms with Gasteiger partial charge in [-0.25, -0.2) is 0 Å². The molecular weight excluding hydrogens is 290 g/mol. The fraction of sp³-hybridized carbons (Fsp3) is 0.632. The molecule has 3 atom stereocenters. The van der Waals surface area contributed by atoms with Crippen molar-refractivity contribution in [2.75, 3.05) is 20.8 Å². The molecule has 23 heavy (non-hydrogen) atoms. The van der Waals surface area contributed by atoms with Gasteiger partial charge in [-0.2, -0.15) is 0 Å². The summed E-state index contributed by atoms with van der Waals surface area (Å²) >= 11 is 0. The Kier molecular flexibility index (Phi) is 5.09. The molecule has 0 saturated heterocycles. The second-order valence-electron chi connectivity index (χ2n) is 6.93. The zero-order valence-electron chi connectivity index (χ0n) is 14.1. The lowest BCUT2D eigenvalue weighted by Crippen LogP contribution is -2.29. The van der Waals surface area contributed by atoms with Crippen molar-refractivity contribution >= 4 is 5.91 Å². The van der Waals surface area contributed by atoms with Gasteiger partial charge in [-0.3, -0.25) is 4.79 Å². The lowest BCUT2D eigenvalue weighted by atomic mass is 9.86. The summed E-state index contributed by atoms with van der Waals surface area (Å²) < 4.78 is 10.5. The van der Waals surface area contributed by atoms with E-state index in [1.54, 1.807) is 14.2 Å². The maximum Gasteiger partial charge on any atom is 0.220 e. The Morgan fingerprint density at radius 2 is 2.00 bits per heavy atom. The van der Waals surface area contributed by atoms with Gasteiger partial charge in [-0.1, -0.05) is 12.5 Å². The predicted molar refractivity (Wildman–Crippen MR) is 89.8 cm³/mol. The number of amides is 1. The third-order valence-corrected chi connectivity index (χ3v) is 5.52. The Bertz CT molecular complexity index is 558. The highest BCUT2D eigenvalue weighted by Crippen LogP contribution is 2.49. The van der Waals surface area contributed by atoms with Gasteiger partial charge in [0.05, 0.1) is 14.2 Å². The molecule has 1 aromatic rings. The normalized spacial score (nSPS) is 25.4. The van der Waals surface area contributed by atoms with Crippen molar-refractivity contribution in [1.29, 1.82) is 0 Å². The zero-order valence-corrected chi connectivity index (χ0v) is 14.1. The van der Waals surface area contributed by atoms with E-state index in [4.69, 9.17) is 9.47 Å². The minimum atomic E-state index is 0.211. The molecule has 0 aliphatic heterocycles. The van der Waals surface area contributed by atoms with Gasteiger partial charge in [0, 0.05) is 13.0 Å². The van der Waals surface area contributed by atoms with E-state index in [2.05, 4.69) is 5.32 Å². The number of fused-ring (bicyclic) bond motifs is 2. The van der Waals surface area contributed by atoms with E-state index in [1.165, 1.54) is 25.7 Å². The second-order valence-corrected chi connectivity index (χ2v) is 6.93. The van der Waals surface area contributed by atoms with Gasteiger partial charge in [0.2, 0.25) is 5.91 Å². The van der Waals surface area contributed by atoms with Crippen molar-refractivity contribution in [1.82, 2.24) is 5.32 Å². The predicted octanol–water partition coefficient (Wildman–Crippen LogP) is 3.19. The fourth-order valence-corrected chi connectivity index (χ4v) is 4.32. The quantitative estimate of drug-likeness (QED) is 0.840. The number of ether oxygens (including phenoxy) is 2. The topological polar surface area (TPSA) is 47.6 Å². The van der Waals surface area contributed by atoms with Crippen LogP contribution in [0, 0.1) is 17.8 Å². The summed E-state index contributed by atoms with van der Waals surface area (Å²) in [5.41, 5.74) is 1.14. The number of hydrogen-bond acceptors (Lipinski definition) is 3. The van der Waals surface area contributed by atoms with Crippen LogP contribution in [0.1, 0.15) is 37.7 Å². The molecule has 1 amide bonds. The lowest BCUT2D eigenvalue weighted by Gasteiger charge is -2.20. The lowest BCUT2D eigenvalue weighted by molar-refractivity contribution is -0.122. The Labute approximate surface area is 138 Å². The zero-order chi connectivity index (χ0) is 16.2. The van der Waals surface area contributed by atoms with Gasteiger partial charge in [-0.05, 0) is 61.1 Å². The third-order valence-electron chi connectivity index (χ3n) is 5.52. The van der Waals surface area contributed by atoms with Gasteiger partial charge in [0.1, 0.15) is 0 Å². The third kappa shape index (κ3) is 3.80. The first kappa shape index (κ1) is 16.2. The summed E-state index contributed by atoms with van der Waals surface area (Å²) in [5, 5.41) is 3.07. The molecule has 2 aliphatic carbocycles. The molecule has 1 N–H and O–H groups in total. The van der Waals surface area contributed by atoms with Crippen molar-refractivity contribution in [3.8, 4) is 11.5 Å². The van der Waals surface area contributed by atoms with Gasteiger partial charge >= 0.3 is 0 Å². The summed E-state index contributed by atoms with van der Waals surface area (Å²) in [4.78, 5) is 12.1. The van der Waals surface area contributed by atoms with E-state index >= 15 is 0 Å². The molecule has 3 unspecified atom stereocenters. The molecule has 2 bridgehead atoms. The van der Waals surface area contributed by atoms with E-state index in [0.717, 1.165) is 35.3 Å². The van der Waals surface area contributed by atoms with Crippen LogP contribution >= 0.6 is 0 Å². The maximum atomic E-state index is 12.1. The number of methoxy groups -OCH3 is 2. The fourth-order valence-electron chi connectivity index (χ4n) is 4.32. The molecule has 4 nitrogen and oxygen atoms in total. The van der Waals surface area contributed by atoms with Gasteiger partial charge in [-0.15, -0.1) is 0 Å². The Morgan fingerprint density at radius 1 is 1.17 bits per heavy atom. The number of hydrogen-bond donors (Lipinski definition) is 1. The molecule has 0 aromatic heterocycles. The summed E-state index contributed by atoms with van der Waals surface area (Å²) in [5.74, 6) is 4.04. The molecule has 126 valence electrons. The van der Waals surface area contributed by atoms with Gasteiger partial charge in [0.25, 0.3) is 0 Å². The first-order valence-electron chi connectivity index (χ1n) is 8.67. The molecule has 3 rings (SSSR count). The van der Waals surface area contributed by atoms with Crippen molar-refractivity contribution in [2.24, 2.45) is 17.8 Å². The average Bonchev–Trinajstić information content (AvgIpc) is 3.17. The average molecular weight is 317 g/mol. The number of rotatable bonds is 7. The molecule has 2 fully saturated rings. The second kappa shape index (κ2) is 7.24. The van der Waals surface area contributed by atoms with Crippen molar-refractivity contribution in [2.45, 2.75) is 38.5 Å². The SMILES string of the molecule is COc1ccc(CCNC(=O)CC2CC3CCC2C3)cc1OC. The summed E-state index contributed by atoms with van der Waals surface area (Å²) in [6.07, 6.45) is 6.89. The monoisotopic (exact) mass is 317 g/mol. The summed E-state index contributed by atoms with van der Waals surface area (Å²) in [6.45, 7) is 0.676. The molecular formula is C19H27NO3. The molecule has 0 radical (unpaired) electrons. The highest BCUT2D eigenvalue weighted by molar-refractivity contribution is 5.76. The molecule has 0 spiro atoms. The number of carbonyl (C=O) groups is 1. The van der Waals surface area contributed by atoms with Crippen molar-refractivity contribution < 1.29 is 14.3 Å². The van der Waals surface area contributed by atoms with Crippen molar-refractivity contribution in [3.63, 3.8) is 0 Å². The smallest absolute Gasteiger partial charge is 0.220 e. The van der Waals surface area contributed by atoms with E-state index in [1.807, 2.05) is 18.2 Å². The largest absolute Gasteiger partial charge is 0.493 e. The van der Waals surface area contributed by atoms with Crippen LogP contribution in [0.5, 0.6) is 11.5 Å². The molecule has 1 aromatic carbocycles. The maximum absolute atomic E-state index is 12.1. The molecule has 4 heteroatoms. The number of benzene rings is 1. The minimum absolute atomic E-state index is 0.211. The van der Waals surface area contributed by atoms with Crippen LogP contribution in [0.4, 0.5) is 0 Å².